The van der Waals surface area contributed by atoms with Gasteiger partial charge in [0.1, 0.15) is 5.75 Å². The highest BCUT2D eigenvalue weighted by molar-refractivity contribution is 7.18. The zero-order chi connectivity index (χ0) is 16.7. The zero-order valence-corrected chi connectivity index (χ0v) is 14.5. The topological polar surface area (TPSA) is 37.3 Å². The maximum atomic E-state index is 12.8. The fourth-order valence-corrected chi connectivity index (χ4v) is 4.95. The van der Waals surface area contributed by atoms with Crippen molar-refractivity contribution in [1.29, 1.82) is 0 Å². The van der Waals surface area contributed by atoms with Gasteiger partial charge in [-0.05, 0) is 60.6 Å². The van der Waals surface area contributed by atoms with E-state index in [9.17, 15) is 9.90 Å². The second-order valence-electron chi connectivity index (χ2n) is 6.61. The molecule has 4 rings (SSSR count). The highest BCUT2D eigenvalue weighted by Crippen LogP contribution is 2.33. The summed E-state index contributed by atoms with van der Waals surface area (Å²) in [7, 11) is 0. The molecule has 3 aromatic rings. The average molecular weight is 336 g/mol. The summed E-state index contributed by atoms with van der Waals surface area (Å²) in [6.07, 6.45) is 4.30. The van der Waals surface area contributed by atoms with Gasteiger partial charge in [-0.25, -0.2) is 0 Å². The van der Waals surface area contributed by atoms with Gasteiger partial charge in [0.05, 0.1) is 0 Å². The normalized spacial score (nSPS) is 17.0. The summed E-state index contributed by atoms with van der Waals surface area (Å²) in [5, 5.41) is 10.3. The Morgan fingerprint density at radius 1 is 1.12 bits per heavy atom. The fourth-order valence-electron chi connectivity index (χ4n) is 3.59. The number of rotatable bonds is 2. The van der Waals surface area contributed by atoms with E-state index in [0.717, 1.165) is 46.0 Å². The van der Waals surface area contributed by atoms with Crippen molar-refractivity contribution in [2.75, 3.05) is 0 Å². The van der Waals surface area contributed by atoms with Gasteiger partial charge < -0.3 is 5.11 Å². The summed E-state index contributed by atoms with van der Waals surface area (Å²) in [6, 6.07) is 13.3. The van der Waals surface area contributed by atoms with E-state index >= 15 is 0 Å². The number of hydrogen-bond donors (Lipinski definition) is 1. The molecule has 3 heteroatoms. The first-order valence-electron chi connectivity index (χ1n) is 8.53. The van der Waals surface area contributed by atoms with Gasteiger partial charge >= 0.3 is 0 Å². The van der Waals surface area contributed by atoms with Gasteiger partial charge in [0.2, 0.25) is 0 Å². The average Bonchev–Trinajstić information content (AvgIpc) is 2.61. The molecule has 0 amide bonds. The Morgan fingerprint density at radius 2 is 1.88 bits per heavy atom. The van der Waals surface area contributed by atoms with Gasteiger partial charge in [0.15, 0.2) is 5.43 Å². The van der Waals surface area contributed by atoms with E-state index in [1.165, 1.54) is 11.3 Å². The molecule has 1 unspecified atom stereocenters. The molecule has 0 saturated carbocycles. The SMILES string of the molecule is CCC1CCc2c(sc3cc(-c4ccc(O)cc4)ccc3c2=O)C1. The van der Waals surface area contributed by atoms with Crippen LogP contribution in [0.1, 0.15) is 30.2 Å². The van der Waals surface area contributed by atoms with Gasteiger partial charge in [-0.2, -0.15) is 0 Å². The lowest BCUT2D eigenvalue weighted by molar-refractivity contribution is 0.448. The molecule has 1 aliphatic rings. The summed E-state index contributed by atoms with van der Waals surface area (Å²) < 4.78 is 1.07. The zero-order valence-electron chi connectivity index (χ0n) is 13.7. The minimum atomic E-state index is 0.227. The molecule has 0 spiro atoms. The molecule has 2 aromatic carbocycles. The molecule has 0 bridgehead atoms. The van der Waals surface area contributed by atoms with Crippen LogP contribution in [0.2, 0.25) is 0 Å². The van der Waals surface area contributed by atoms with Crippen LogP contribution in [-0.4, -0.2) is 5.11 Å². The molecule has 2 nitrogen and oxygen atoms in total. The first kappa shape index (κ1) is 15.4. The molecule has 1 N–H and O–H groups in total. The minimum Gasteiger partial charge on any atom is -0.508 e. The monoisotopic (exact) mass is 336 g/mol. The maximum Gasteiger partial charge on any atom is 0.191 e. The predicted octanol–water partition coefficient (Wildman–Crippen LogP) is 5.15. The van der Waals surface area contributed by atoms with Crippen molar-refractivity contribution in [2.45, 2.75) is 32.6 Å². The Kier molecular flexibility index (Phi) is 3.89. The van der Waals surface area contributed by atoms with E-state index in [0.29, 0.717) is 5.92 Å². The molecule has 1 aromatic heterocycles. The van der Waals surface area contributed by atoms with Gasteiger partial charge in [-0.1, -0.05) is 31.5 Å². The number of phenolic OH excluding ortho intramolecular Hbond substituents is 1. The third kappa shape index (κ3) is 2.63. The summed E-state index contributed by atoms with van der Waals surface area (Å²) >= 11 is 1.79. The van der Waals surface area contributed by atoms with Gasteiger partial charge in [0, 0.05) is 20.5 Å². The number of hydrogen-bond acceptors (Lipinski definition) is 3. The minimum absolute atomic E-state index is 0.227. The van der Waals surface area contributed by atoms with Crippen LogP contribution in [0.4, 0.5) is 0 Å². The standard InChI is InChI=1S/C21H20O2S/c1-2-13-3-9-17-19(11-13)24-20-12-15(6-10-18(20)21(17)23)14-4-7-16(22)8-5-14/h4-8,10,12-13,22H,2-3,9,11H2,1H3. The molecule has 1 aliphatic carbocycles. The second-order valence-corrected chi connectivity index (χ2v) is 7.74. The third-order valence-electron chi connectivity index (χ3n) is 5.12. The van der Waals surface area contributed by atoms with Crippen LogP contribution in [-0.2, 0) is 12.8 Å². The lowest BCUT2D eigenvalue weighted by Gasteiger charge is -2.22. The van der Waals surface area contributed by atoms with Crippen molar-refractivity contribution in [3.8, 4) is 16.9 Å². The lowest BCUT2D eigenvalue weighted by Crippen LogP contribution is -2.20. The Balaban J connectivity index is 1.85. The Bertz CT molecular complexity index is 954. The molecule has 0 radical (unpaired) electrons. The van der Waals surface area contributed by atoms with Crippen LogP contribution in [0.15, 0.2) is 47.3 Å². The number of aromatic hydroxyl groups is 1. The van der Waals surface area contributed by atoms with Crippen molar-refractivity contribution in [1.82, 2.24) is 0 Å². The largest absolute Gasteiger partial charge is 0.508 e. The lowest BCUT2D eigenvalue weighted by atomic mass is 9.86. The first-order chi connectivity index (χ1) is 11.7. The predicted molar refractivity (Wildman–Crippen MR) is 101 cm³/mol. The van der Waals surface area contributed by atoms with Gasteiger partial charge in [-0.3, -0.25) is 4.79 Å². The highest BCUT2D eigenvalue weighted by atomic mass is 32.1. The quantitative estimate of drug-likeness (QED) is 0.703. The molecule has 1 atom stereocenters. The molecule has 0 saturated heterocycles. The number of benzene rings is 2. The summed E-state index contributed by atoms with van der Waals surface area (Å²) in [5.74, 6) is 0.981. The molecule has 24 heavy (non-hydrogen) atoms. The molecular formula is C21H20O2S. The van der Waals surface area contributed by atoms with Crippen molar-refractivity contribution in [2.24, 2.45) is 5.92 Å². The Morgan fingerprint density at radius 3 is 2.62 bits per heavy atom. The molecule has 0 aliphatic heterocycles. The van der Waals surface area contributed by atoms with Crippen molar-refractivity contribution < 1.29 is 5.11 Å². The number of phenols is 1. The van der Waals surface area contributed by atoms with E-state index in [-0.39, 0.29) is 11.2 Å². The van der Waals surface area contributed by atoms with E-state index in [4.69, 9.17) is 0 Å². The number of fused-ring (bicyclic) bond motifs is 2. The second kappa shape index (κ2) is 6.06. The third-order valence-corrected chi connectivity index (χ3v) is 6.34. The van der Waals surface area contributed by atoms with E-state index in [2.05, 4.69) is 13.0 Å². The maximum absolute atomic E-state index is 12.8. The molecule has 122 valence electrons. The highest BCUT2D eigenvalue weighted by Gasteiger charge is 2.21. The van der Waals surface area contributed by atoms with E-state index < -0.39 is 0 Å². The van der Waals surface area contributed by atoms with Crippen LogP contribution >= 0.6 is 11.3 Å². The van der Waals surface area contributed by atoms with Gasteiger partial charge in [0.25, 0.3) is 0 Å². The first-order valence-corrected chi connectivity index (χ1v) is 9.35. The van der Waals surface area contributed by atoms with Crippen LogP contribution < -0.4 is 5.43 Å². The summed E-state index contributed by atoms with van der Waals surface area (Å²) in [4.78, 5) is 14.1. The van der Waals surface area contributed by atoms with Crippen LogP contribution in [0, 0.1) is 5.92 Å². The van der Waals surface area contributed by atoms with Gasteiger partial charge in [-0.15, -0.1) is 11.3 Å². The Hall–Kier alpha value is -2.13. The molecule has 0 fully saturated rings. The van der Waals surface area contributed by atoms with Crippen molar-refractivity contribution in [3.05, 3.63) is 63.1 Å². The van der Waals surface area contributed by atoms with Crippen molar-refractivity contribution >= 4 is 21.4 Å². The molecule has 1 heterocycles. The van der Waals surface area contributed by atoms with Crippen LogP contribution in [0.3, 0.4) is 0 Å². The van der Waals surface area contributed by atoms with E-state index in [1.807, 2.05) is 24.3 Å². The smallest absolute Gasteiger partial charge is 0.191 e. The van der Waals surface area contributed by atoms with Crippen molar-refractivity contribution in [3.63, 3.8) is 0 Å². The summed E-state index contributed by atoms with van der Waals surface area (Å²) in [6.45, 7) is 2.24. The van der Waals surface area contributed by atoms with Crippen LogP contribution in [0.25, 0.3) is 21.2 Å². The van der Waals surface area contributed by atoms with E-state index in [1.54, 1.807) is 23.5 Å². The Labute approximate surface area is 145 Å². The summed E-state index contributed by atoms with van der Waals surface area (Å²) in [5.41, 5.74) is 3.42. The fraction of sp³-hybridized carbons (Fsp3) is 0.286. The van der Waals surface area contributed by atoms with Crippen LogP contribution in [0.5, 0.6) is 5.75 Å². The molecular weight excluding hydrogens is 316 g/mol.